The van der Waals surface area contributed by atoms with Crippen molar-refractivity contribution in [2.45, 2.75) is 20.0 Å². The average molecular weight is 370 g/mol. The van der Waals surface area contributed by atoms with E-state index < -0.39 is 22.0 Å². The number of β-amino-alcohol motifs (C(OH)–C–C–N with tert-alkyl or cyclic N) is 1. The number of hydrogen-bond acceptors (Lipinski definition) is 5. The molecule has 1 saturated heterocycles. The Balaban J connectivity index is 1.91. The summed E-state index contributed by atoms with van der Waals surface area (Å²) in [6, 6.07) is 5.60. The van der Waals surface area contributed by atoms with Crippen molar-refractivity contribution in [3.8, 4) is 5.75 Å². The fraction of sp³-hybridized carbons (Fsp3) is 0.588. The lowest BCUT2D eigenvalue weighted by Crippen LogP contribution is -2.35. The van der Waals surface area contributed by atoms with Crippen molar-refractivity contribution in [3.63, 3.8) is 0 Å². The molecule has 0 bridgehead atoms. The van der Waals surface area contributed by atoms with Crippen LogP contribution in [0, 0.1) is 19.8 Å². The average Bonchev–Trinajstić information content (AvgIpc) is 2.88. The van der Waals surface area contributed by atoms with Gasteiger partial charge < -0.3 is 14.7 Å². The highest BCUT2D eigenvalue weighted by molar-refractivity contribution is 7.89. The van der Waals surface area contributed by atoms with Crippen molar-refractivity contribution in [1.82, 2.24) is 9.21 Å². The lowest BCUT2D eigenvalue weighted by molar-refractivity contribution is -0.132. The number of carbonyl (C=O) groups excluding carboxylic acids is 1. The predicted molar refractivity (Wildman–Crippen MR) is 95.0 cm³/mol. The predicted octanol–water partition coefficient (Wildman–Crippen LogP) is 0.393. The summed E-state index contributed by atoms with van der Waals surface area (Å²) in [7, 11) is -0.513. The van der Waals surface area contributed by atoms with Gasteiger partial charge in [-0.2, -0.15) is 0 Å². The first kappa shape index (κ1) is 19.7. The zero-order chi connectivity index (χ0) is 18.8. The third kappa shape index (κ3) is 4.93. The van der Waals surface area contributed by atoms with Gasteiger partial charge in [-0.3, -0.25) is 4.79 Å². The topological polar surface area (TPSA) is 87.2 Å². The Morgan fingerprint density at radius 1 is 1.28 bits per heavy atom. The molecule has 7 nitrogen and oxygen atoms in total. The van der Waals surface area contributed by atoms with E-state index in [2.05, 4.69) is 0 Å². The monoisotopic (exact) mass is 370 g/mol. The number of ether oxygens (including phenoxy) is 1. The summed E-state index contributed by atoms with van der Waals surface area (Å²) >= 11 is 0. The van der Waals surface area contributed by atoms with Crippen LogP contribution in [0.25, 0.3) is 0 Å². The molecule has 0 radical (unpaired) electrons. The van der Waals surface area contributed by atoms with E-state index in [9.17, 15) is 18.3 Å². The molecule has 1 heterocycles. The summed E-state index contributed by atoms with van der Waals surface area (Å²) in [4.78, 5) is 13.8. The number of rotatable bonds is 6. The zero-order valence-corrected chi connectivity index (χ0v) is 15.9. The van der Waals surface area contributed by atoms with Gasteiger partial charge in [-0.15, -0.1) is 0 Å². The van der Waals surface area contributed by atoms with Crippen molar-refractivity contribution >= 4 is 15.9 Å². The molecule has 2 atom stereocenters. The standard InChI is InChI=1S/C17H26N2O5S/c1-12-5-6-15(7-13(12)2)24-10-17(21)19-8-14(16(20)9-19)11-25(22,23)18(3)4/h5-7,14,16,20H,8-11H2,1-4H3/t14-,16+/m0/s1. The molecule has 1 aromatic carbocycles. The van der Waals surface area contributed by atoms with Crippen molar-refractivity contribution in [2.24, 2.45) is 5.92 Å². The molecule has 0 aromatic heterocycles. The molecule has 0 saturated carbocycles. The van der Waals surface area contributed by atoms with Crippen molar-refractivity contribution in [3.05, 3.63) is 29.3 Å². The molecule has 8 heteroatoms. The van der Waals surface area contributed by atoms with Gasteiger partial charge in [0.15, 0.2) is 6.61 Å². The lowest BCUT2D eigenvalue weighted by atomic mass is 10.1. The van der Waals surface area contributed by atoms with Crippen LogP contribution < -0.4 is 4.74 Å². The van der Waals surface area contributed by atoms with E-state index in [1.165, 1.54) is 19.0 Å². The maximum atomic E-state index is 12.3. The van der Waals surface area contributed by atoms with E-state index in [-0.39, 0.29) is 31.4 Å². The highest BCUT2D eigenvalue weighted by Crippen LogP contribution is 2.21. The number of likely N-dealkylation sites (tertiary alicyclic amines) is 1. The minimum absolute atomic E-state index is 0.128. The van der Waals surface area contributed by atoms with Crippen LogP contribution in [0.5, 0.6) is 5.75 Å². The second kappa shape index (κ2) is 7.72. The molecule has 2 rings (SSSR count). The number of sulfonamides is 1. The molecule has 25 heavy (non-hydrogen) atoms. The summed E-state index contributed by atoms with van der Waals surface area (Å²) in [6.45, 7) is 4.17. The number of aryl methyl sites for hydroxylation is 2. The lowest BCUT2D eigenvalue weighted by Gasteiger charge is -2.18. The molecule has 0 spiro atoms. The molecular formula is C17H26N2O5S. The first-order valence-electron chi connectivity index (χ1n) is 8.16. The molecule has 140 valence electrons. The number of carbonyl (C=O) groups is 1. The summed E-state index contributed by atoms with van der Waals surface area (Å²) in [6.07, 6.45) is -0.847. The number of aliphatic hydroxyl groups excluding tert-OH is 1. The van der Waals surface area contributed by atoms with Crippen LogP contribution in [-0.2, 0) is 14.8 Å². The maximum Gasteiger partial charge on any atom is 0.260 e. The Kier molecular flexibility index (Phi) is 6.08. The van der Waals surface area contributed by atoms with Crippen molar-refractivity contribution < 1.29 is 23.1 Å². The molecule has 1 fully saturated rings. The molecule has 1 N–H and O–H groups in total. The van der Waals surface area contributed by atoms with Crippen LogP contribution in [0.15, 0.2) is 18.2 Å². The van der Waals surface area contributed by atoms with Crippen LogP contribution in [-0.4, -0.2) is 74.3 Å². The van der Waals surface area contributed by atoms with Gasteiger partial charge in [-0.25, -0.2) is 12.7 Å². The minimum Gasteiger partial charge on any atom is -0.484 e. The van der Waals surface area contributed by atoms with Crippen LogP contribution in [0.2, 0.25) is 0 Å². The fourth-order valence-electron chi connectivity index (χ4n) is 2.68. The Bertz CT molecular complexity index is 733. The van der Waals surface area contributed by atoms with Gasteiger partial charge in [-0.05, 0) is 37.1 Å². The molecule has 1 aromatic rings. The third-order valence-corrected chi connectivity index (χ3v) is 6.54. The van der Waals surface area contributed by atoms with Crippen LogP contribution in [0.1, 0.15) is 11.1 Å². The first-order valence-corrected chi connectivity index (χ1v) is 9.77. The van der Waals surface area contributed by atoms with E-state index in [0.717, 1.165) is 15.4 Å². The van der Waals surface area contributed by atoms with E-state index in [0.29, 0.717) is 5.75 Å². The van der Waals surface area contributed by atoms with E-state index >= 15 is 0 Å². The molecule has 1 amide bonds. The smallest absolute Gasteiger partial charge is 0.260 e. The fourth-order valence-corrected chi connectivity index (χ4v) is 3.85. The second-order valence-electron chi connectivity index (χ2n) is 6.72. The van der Waals surface area contributed by atoms with Crippen molar-refractivity contribution in [1.29, 1.82) is 0 Å². The van der Waals surface area contributed by atoms with Gasteiger partial charge in [0.05, 0.1) is 11.9 Å². The number of aliphatic hydroxyl groups is 1. The van der Waals surface area contributed by atoms with Crippen LogP contribution in [0.4, 0.5) is 0 Å². The van der Waals surface area contributed by atoms with E-state index in [4.69, 9.17) is 4.74 Å². The number of hydrogen-bond donors (Lipinski definition) is 1. The normalized spacial score (nSPS) is 21.0. The molecule has 1 aliphatic rings. The largest absolute Gasteiger partial charge is 0.484 e. The van der Waals surface area contributed by atoms with Crippen LogP contribution >= 0.6 is 0 Å². The van der Waals surface area contributed by atoms with Gasteiger partial charge in [0, 0.05) is 33.1 Å². The molecule has 0 aliphatic carbocycles. The summed E-state index contributed by atoms with van der Waals surface area (Å²) in [5.41, 5.74) is 2.22. The highest BCUT2D eigenvalue weighted by atomic mass is 32.2. The third-order valence-electron chi connectivity index (χ3n) is 4.58. The van der Waals surface area contributed by atoms with E-state index in [1.807, 2.05) is 26.0 Å². The van der Waals surface area contributed by atoms with Crippen molar-refractivity contribution in [2.75, 3.05) is 39.5 Å². The Morgan fingerprint density at radius 3 is 2.56 bits per heavy atom. The van der Waals surface area contributed by atoms with Gasteiger partial charge in [0.25, 0.3) is 5.91 Å². The van der Waals surface area contributed by atoms with Gasteiger partial charge >= 0.3 is 0 Å². The maximum absolute atomic E-state index is 12.3. The quantitative estimate of drug-likeness (QED) is 0.783. The number of amides is 1. The number of benzene rings is 1. The van der Waals surface area contributed by atoms with Crippen LogP contribution in [0.3, 0.4) is 0 Å². The Labute approximate surface area is 149 Å². The van der Waals surface area contributed by atoms with E-state index in [1.54, 1.807) is 6.07 Å². The zero-order valence-electron chi connectivity index (χ0n) is 15.1. The van der Waals surface area contributed by atoms with Gasteiger partial charge in [0.2, 0.25) is 10.0 Å². The Hall–Kier alpha value is -1.64. The Morgan fingerprint density at radius 2 is 1.96 bits per heavy atom. The summed E-state index contributed by atoms with van der Waals surface area (Å²) in [5, 5.41) is 10.1. The SMILES string of the molecule is Cc1ccc(OCC(=O)N2C[C@@H](CS(=O)(=O)N(C)C)[C@H](O)C2)cc1C. The minimum atomic E-state index is -3.42. The molecular weight excluding hydrogens is 344 g/mol. The highest BCUT2D eigenvalue weighted by Gasteiger charge is 2.37. The van der Waals surface area contributed by atoms with Gasteiger partial charge in [-0.1, -0.05) is 6.07 Å². The number of nitrogens with zero attached hydrogens (tertiary/aromatic N) is 2. The molecule has 0 unspecified atom stereocenters. The second-order valence-corrected chi connectivity index (χ2v) is 8.95. The summed E-state index contributed by atoms with van der Waals surface area (Å²) < 4.78 is 30.6. The first-order chi connectivity index (χ1) is 11.6. The van der Waals surface area contributed by atoms with Gasteiger partial charge in [0.1, 0.15) is 5.75 Å². The summed E-state index contributed by atoms with van der Waals surface area (Å²) in [5.74, 6) is -0.314. The molecule has 1 aliphatic heterocycles.